The molecule has 1 aromatic carbocycles. The molecule has 5 nitrogen and oxygen atoms in total. The molecule has 1 N–H and O–H groups in total. The Morgan fingerprint density at radius 2 is 1.64 bits per heavy atom. The van der Waals surface area contributed by atoms with Crippen molar-refractivity contribution in [1.29, 1.82) is 0 Å². The zero-order valence-electron chi connectivity index (χ0n) is 18.0. The fourth-order valence-electron chi connectivity index (χ4n) is 3.33. The Labute approximate surface area is 170 Å². The van der Waals surface area contributed by atoms with Gasteiger partial charge in [-0.1, -0.05) is 57.7 Å². The molecule has 0 fully saturated rings. The van der Waals surface area contributed by atoms with Crippen molar-refractivity contribution in [2.24, 2.45) is 0 Å². The Morgan fingerprint density at radius 3 is 2.25 bits per heavy atom. The van der Waals surface area contributed by atoms with E-state index in [1.807, 2.05) is 49.3 Å². The summed E-state index contributed by atoms with van der Waals surface area (Å²) in [6.45, 7) is 6.85. The number of hydrogen-bond donors (Lipinski definition) is 1. The predicted molar refractivity (Wildman–Crippen MR) is 120 cm³/mol. The number of carbonyl (C=O) groups is 1. The number of amides is 1. The third-order valence-electron chi connectivity index (χ3n) is 4.96. The number of para-hydroxylation sites is 1. The Kier molecular flexibility index (Phi) is 9.21. The molecule has 2 aromatic rings. The summed E-state index contributed by atoms with van der Waals surface area (Å²) in [5, 5.41) is 4.12. The third-order valence-corrected chi connectivity index (χ3v) is 4.96. The molecule has 0 radical (unpaired) electrons. The van der Waals surface area contributed by atoms with E-state index in [0.29, 0.717) is 6.54 Å². The zero-order valence-corrected chi connectivity index (χ0v) is 18.0. The molecule has 0 aliphatic heterocycles. The van der Waals surface area contributed by atoms with Crippen LogP contribution < -0.4 is 10.2 Å². The average molecular weight is 385 g/mol. The average Bonchev–Trinajstić information content (AvgIpc) is 2.68. The molecule has 1 heterocycles. The molecular weight excluding hydrogens is 348 g/mol. The molecule has 2 rings (SSSR count). The van der Waals surface area contributed by atoms with E-state index in [0.717, 1.165) is 48.3 Å². The van der Waals surface area contributed by atoms with Gasteiger partial charge in [-0.05, 0) is 32.0 Å². The van der Waals surface area contributed by atoms with Crippen molar-refractivity contribution in [2.75, 3.05) is 43.9 Å². The monoisotopic (exact) mass is 384 g/mol. The molecule has 5 heteroatoms. The number of pyridine rings is 1. The smallest absolute Gasteiger partial charge is 0.238 e. The molecule has 1 amide bonds. The summed E-state index contributed by atoms with van der Waals surface area (Å²) in [5.41, 5.74) is 1.73. The maximum atomic E-state index is 12.8. The van der Waals surface area contributed by atoms with Gasteiger partial charge in [0.1, 0.15) is 5.82 Å². The van der Waals surface area contributed by atoms with Gasteiger partial charge in [0.15, 0.2) is 0 Å². The summed E-state index contributed by atoms with van der Waals surface area (Å²) in [6, 6.07) is 9.91. The lowest BCUT2D eigenvalue weighted by atomic mass is 10.1. The summed E-state index contributed by atoms with van der Waals surface area (Å²) < 4.78 is 0. The minimum atomic E-state index is 0.0501. The van der Waals surface area contributed by atoms with Crippen molar-refractivity contribution in [2.45, 2.75) is 52.4 Å². The Balaban J connectivity index is 2.10. The number of unbranched alkanes of at least 4 members (excludes halogenated alkanes) is 4. The second-order valence-electron chi connectivity index (χ2n) is 7.68. The quantitative estimate of drug-likeness (QED) is 0.528. The molecule has 0 saturated heterocycles. The van der Waals surface area contributed by atoms with Crippen molar-refractivity contribution in [3.8, 4) is 0 Å². The maximum absolute atomic E-state index is 12.8. The van der Waals surface area contributed by atoms with Gasteiger partial charge in [-0.3, -0.25) is 9.69 Å². The van der Waals surface area contributed by atoms with Crippen LogP contribution in [0.3, 0.4) is 0 Å². The number of hydrogen-bond acceptors (Lipinski definition) is 4. The molecular formula is C23H36N4O. The standard InChI is InChI=1S/C23H36N4O/c1-5-7-11-15-27(16-12-8-6-2)18-23(28)25-21-17-22(26(3)4)24-20-14-10-9-13-19(20)21/h9-10,13-14,17H,5-8,11-12,15-16,18H2,1-4H3,(H,24,25,28). The van der Waals surface area contributed by atoms with Gasteiger partial charge >= 0.3 is 0 Å². The third kappa shape index (κ3) is 6.79. The van der Waals surface area contributed by atoms with Crippen molar-refractivity contribution >= 4 is 28.3 Å². The topological polar surface area (TPSA) is 48.5 Å². The number of aromatic nitrogens is 1. The van der Waals surface area contributed by atoms with Crippen LogP contribution in [0.2, 0.25) is 0 Å². The Morgan fingerprint density at radius 1 is 1.00 bits per heavy atom. The molecule has 0 saturated carbocycles. The fourth-order valence-corrected chi connectivity index (χ4v) is 3.33. The largest absolute Gasteiger partial charge is 0.363 e. The first-order chi connectivity index (χ1) is 13.5. The summed E-state index contributed by atoms with van der Waals surface area (Å²) in [4.78, 5) is 21.8. The molecule has 1 aromatic heterocycles. The second-order valence-corrected chi connectivity index (χ2v) is 7.68. The highest BCUT2D eigenvalue weighted by molar-refractivity contribution is 6.02. The molecule has 28 heavy (non-hydrogen) atoms. The number of benzene rings is 1. The highest BCUT2D eigenvalue weighted by atomic mass is 16.2. The van der Waals surface area contributed by atoms with E-state index in [1.165, 1.54) is 25.7 Å². The van der Waals surface area contributed by atoms with Crippen molar-refractivity contribution < 1.29 is 4.79 Å². The lowest BCUT2D eigenvalue weighted by molar-refractivity contribution is -0.117. The van der Waals surface area contributed by atoms with E-state index in [-0.39, 0.29) is 5.91 Å². The van der Waals surface area contributed by atoms with Crippen molar-refractivity contribution in [3.63, 3.8) is 0 Å². The Hall–Kier alpha value is -2.14. The minimum Gasteiger partial charge on any atom is -0.363 e. The first kappa shape index (κ1) is 22.2. The van der Waals surface area contributed by atoms with Gasteiger partial charge in [0.2, 0.25) is 5.91 Å². The summed E-state index contributed by atoms with van der Waals surface area (Å²) in [7, 11) is 3.93. The number of nitrogens with one attached hydrogen (secondary N) is 1. The van der Waals surface area contributed by atoms with Crippen LogP contribution >= 0.6 is 0 Å². The maximum Gasteiger partial charge on any atom is 0.238 e. The first-order valence-electron chi connectivity index (χ1n) is 10.6. The van der Waals surface area contributed by atoms with Crippen LogP contribution in [0.1, 0.15) is 52.4 Å². The lowest BCUT2D eigenvalue weighted by Gasteiger charge is -2.22. The Bertz CT molecular complexity index is 734. The van der Waals surface area contributed by atoms with Crippen molar-refractivity contribution in [1.82, 2.24) is 9.88 Å². The second kappa shape index (κ2) is 11.6. The van der Waals surface area contributed by atoms with Gasteiger partial charge < -0.3 is 10.2 Å². The van der Waals surface area contributed by atoms with Crippen LogP contribution in [0.15, 0.2) is 30.3 Å². The van der Waals surface area contributed by atoms with Crippen LogP contribution in [0.5, 0.6) is 0 Å². The van der Waals surface area contributed by atoms with E-state index < -0.39 is 0 Å². The summed E-state index contributed by atoms with van der Waals surface area (Å²) in [5.74, 6) is 0.894. The molecule has 0 aliphatic carbocycles. The number of fused-ring (bicyclic) bond motifs is 1. The van der Waals surface area contributed by atoms with Crippen LogP contribution in [0.25, 0.3) is 10.9 Å². The van der Waals surface area contributed by atoms with Crippen LogP contribution in [-0.2, 0) is 4.79 Å². The normalized spacial score (nSPS) is 11.2. The molecule has 0 atom stereocenters. The van der Waals surface area contributed by atoms with E-state index >= 15 is 0 Å². The van der Waals surface area contributed by atoms with E-state index in [2.05, 4.69) is 29.0 Å². The molecule has 0 aliphatic rings. The van der Waals surface area contributed by atoms with Crippen LogP contribution in [-0.4, -0.2) is 49.5 Å². The lowest BCUT2D eigenvalue weighted by Crippen LogP contribution is -2.35. The molecule has 0 unspecified atom stereocenters. The highest BCUT2D eigenvalue weighted by Gasteiger charge is 2.13. The highest BCUT2D eigenvalue weighted by Crippen LogP contribution is 2.26. The van der Waals surface area contributed by atoms with Gasteiger partial charge in [0.05, 0.1) is 17.7 Å². The number of anilines is 2. The number of nitrogens with zero attached hydrogens (tertiary/aromatic N) is 3. The molecule has 0 spiro atoms. The van der Waals surface area contributed by atoms with Gasteiger partial charge in [-0.15, -0.1) is 0 Å². The van der Waals surface area contributed by atoms with Gasteiger partial charge in [-0.2, -0.15) is 0 Å². The van der Waals surface area contributed by atoms with Crippen LogP contribution in [0, 0.1) is 0 Å². The van der Waals surface area contributed by atoms with E-state index in [9.17, 15) is 4.79 Å². The van der Waals surface area contributed by atoms with Gasteiger partial charge in [-0.25, -0.2) is 4.98 Å². The first-order valence-corrected chi connectivity index (χ1v) is 10.6. The van der Waals surface area contributed by atoms with E-state index in [1.54, 1.807) is 0 Å². The summed E-state index contributed by atoms with van der Waals surface area (Å²) >= 11 is 0. The molecule has 154 valence electrons. The zero-order chi connectivity index (χ0) is 20.4. The fraction of sp³-hybridized carbons (Fsp3) is 0.565. The SMILES string of the molecule is CCCCCN(CCCCC)CC(=O)Nc1cc(N(C)C)nc2ccccc12. The van der Waals surface area contributed by atoms with Crippen LogP contribution in [0.4, 0.5) is 11.5 Å². The molecule has 0 bridgehead atoms. The van der Waals surface area contributed by atoms with E-state index in [4.69, 9.17) is 0 Å². The van der Waals surface area contributed by atoms with Crippen molar-refractivity contribution in [3.05, 3.63) is 30.3 Å². The summed E-state index contributed by atoms with van der Waals surface area (Å²) in [6.07, 6.45) is 7.13. The number of rotatable bonds is 12. The number of carbonyl (C=O) groups excluding carboxylic acids is 1. The predicted octanol–water partition coefficient (Wildman–Crippen LogP) is 4.92. The van der Waals surface area contributed by atoms with Gasteiger partial charge in [0.25, 0.3) is 0 Å². The van der Waals surface area contributed by atoms with Gasteiger partial charge in [0, 0.05) is 25.5 Å². The minimum absolute atomic E-state index is 0.0501.